The molecule has 0 aromatic heterocycles. The summed E-state index contributed by atoms with van der Waals surface area (Å²) in [5.74, 6) is 0.0521. The largest absolute Gasteiger partial charge is 0.497 e. The van der Waals surface area contributed by atoms with Crippen LogP contribution in [0.2, 0.25) is 0 Å². The van der Waals surface area contributed by atoms with Crippen molar-refractivity contribution in [3.8, 4) is 5.75 Å². The molecule has 5 nitrogen and oxygen atoms in total. The lowest BCUT2D eigenvalue weighted by molar-refractivity contribution is -0.122. The number of hydrogen-bond donors (Lipinski definition) is 1. The fourth-order valence-electron chi connectivity index (χ4n) is 2.74. The summed E-state index contributed by atoms with van der Waals surface area (Å²) in [4.78, 5) is 26.5. The maximum Gasteiger partial charge on any atom is 0.229 e. The fourth-order valence-corrected chi connectivity index (χ4v) is 3.88. The van der Waals surface area contributed by atoms with Crippen LogP contribution >= 0.6 is 31.9 Å². The van der Waals surface area contributed by atoms with Crippen molar-refractivity contribution in [1.29, 1.82) is 0 Å². The van der Waals surface area contributed by atoms with Gasteiger partial charge in [-0.2, -0.15) is 0 Å². The molecule has 1 aliphatic heterocycles. The molecule has 1 atom stereocenters. The number of methoxy groups -OCH3 is 1. The normalized spacial score (nSPS) is 16.8. The molecule has 0 radical (unpaired) electrons. The number of halogens is 2. The van der Waals surface area contributed by atoms with Gasteiger partial charge in [0.15, 0.2) is 0 Å². The molecule has 2 aromatic rings. The first-order valence-electron chi connectivity index (χ1n) is 7.68. The summed E-state index contributed by atoms with van der Waals surface area (Å²) in [5.41, 5.74) is 1.42. The second kappa shape index (κ2) is 7.58. The highest BCUT2D eigenvalue weighted by Gasteiger charge is 2.35. The molecule has 2 aromatic carbocycles. The van der Waals surface area contributed by atoms with Crippen molar-refractivity contribution in [2.45, 2.75) is 6.42 Å². The van der Waals surface area contributed by atoms with E-state index in [1.165, 1.54) is 0 Å². The number of carbonyl (C=O) groups excluding carboxylic acids is 2. The van der Waals surface area contributed by atoms with E-state index in [9.17, 15) is 9.59 Å². The predicted molar refractivity (Wildman–Crippen MR) is 104 cm³/mol. The van der Waals surface area contributed by atoms with Crippen LogP contribution in [-0.4, -0.2) is 25.5 Å². The number of benzene rings is 2. The number of nitrogens with one attached hydrogen (secondary N) is 1. The number of amides is 2. The standard InChI is InChI=1S/C18H16Br2N2O3/c1-25-14-4-2-3-13(9-14)22-10-11(7-17(22)23)18(24)21-16-6-5-12(19)8-15(16)20/h2-6,8-9,11H,7,10H2,1H3,(H,21,24). The number of hydrogen-bond acceptors (Lipinski definition) is 3. The minimum atomic E-state index is -0.394. The van der Waals surface area contributed by atoms with Gasteiger partial charge in [0.1, 0.15) is 5.75 Å². The summed E-state index contributed by atoms with van der Waals surface area (Å²) < 4.78 is 6.90. The number of ether oxygens (including phenoxy) is 1. The molecule has 1 saturated heterocycles. The lowest BCUT2D eigenvalue weighted by Crippen LogP contribution is -2.28. The van der Waals surface area contributed by atoms with Crippen molar-refractivity contribution < 1.29 is 14.3 Å². The number of rotatable bonds is 4. The zero-order valence-electron chi connectivity index (χ0n) is 13.5. The zero-order chi connectivity index (χ0) is 18.0. The van der Waals surface area contributed by atoms with Gasteiger partial charge in [0.05, 0.1) is 18.7 Å². The highest BCUT2D eigenvalue weighted by Crippen LogP contribution is 2.30. The smallest absolute Gasteiger partial charge is 0.229 e. The van der Waals surface area contributed by atoms with E-state index < -0.39 is 5.92 Å². The van der Waals surface area contributed by atoms with Gasteiger partial charge in [-0.1, -0.05) is 22.0 Å². The second-order valence-corrected chi connectivity index (χ2v) is 7.49. The number of anilines is 2. The highest BCUT2D eigenvalue weighted by atomic mass is 79.9. The second-order valence-electron chi connectivity index (χ2n) is 5.72. The molecule has 25 heavy (non-hydrogen) atoms. The van der Waals surface area contributed by atoms with Gasteiger partial charge < -0.3 is 15.0 Å². The van der Waals surface area contributed by atoms with Crippen molar-refractivity contribution in [2.75, 3.05) is 23.9 Å². The average Bonchev–Trinajstić information content (AvgIpc) is 2.99. The SMILES string of the molecule is COc1cccc(N2CC(C(=O)Nc3ccc(Br)cc3Br)CC2=O)c1. The highest BCUT2D eigenvalue weighted by molar-refractivity contribution is 9.11. The van der Waals surface area contributed by atoms with Crippen molar-refractivity contribution in [3.05, 3.63) is 51.4 Å². The van der Waals surface area contributed by atoms with Gasteiger partial charge in [0.2, 0.25) is 11.8 Å². The van der Waals surface area contributed by atoms with Crippen LogP contribution in [0.3, 0.4) is 0 Å². The van der Waals surface area contributed by atoms with E-state index in [1.54, 1.807) is 18.1 Å². The van der Waals surface area contributed by atoms with E-state index in [4.69, 9.17) is 4.74 Å². The molecule has 1 N–H and O–H groups in total. The first kappa shape index (κ1) is 17.9. The topological polar surface area (TPSA) is 58.6 Å². The van der Waals surface area contributed by atoms with E-state index in [1.807, 2.05) is 36.4 Å². The van der Waals surface area contributed by atoms with Crippen LogP contribution in [0.4, 0.5) is 11.4 Å². The van der Waals surface area contributed by atoms with Crippen LogP contribution in [0, 0.1) is 5.92 Å². The molecule has 1 unspecified atom stereocenters. The van der Waals surface area contributed by atoms with E-state index >= 15 is 0 Å². The molecule has 1 aliphatic rings. The third kappa shape index (κ3) is 4.04. The van der Waals surface area contributed by atoms with Gasteiger partial charge in [0, 0.05) is 33.7 Å². The molecule has 3 rings (SSSR count). The molecule has 130 valence electrons. The maximum atomic E-state index is 12.6. The lowest BCUT2D eigenvalue weighted by Gasteiger charge is -2.17. The quantitative estimate of drug-likeness (QED) is 0.732. The molecule has 0 aliphatic carbocycles. The Balaban J connectivity index is 1.72. The van der Waals surface area contributed by atoms with Crippen LogP contribution in [0.1, 0.15) is 6.42 Å². The number of carbonyl (C=O) groups is 2. The summed E-state index contributed by atoms with van der Waals surface area (Å²) in [6.45, 7) is 0.353. The molecule has 0 bridgehead atoms. The third-order valence-electron chi connectivity index (χ3n) is 4.05. The molecule has 0 saturated carbocycles. The molecular weight excluding hydrogens is 452 g/mol. The van der Waals surface area contributed by atoms with E-state index in [2.05, 4.69) is 37.2 Å². The Morgan fingerprint density at radius 1 is 1.24 bits per heavy atom. The molecule has 1 heterocycles. The third-order valence-corrected chi connectivity index (χ3v) is 5.20. The predicted octanol–water partition coefficient (Wildman–Crippen LogP) is 4.21. The van der Waals surface area contributed by atoms with Crippen molar-refractivity contribution >= 4 is 55.0 Å². The Labute approximate surface area is 162 Å². The Bertz CT molecular complexity index is 826. The van der Waals surface area contributed by atoms with Gasteiger partial charge in [-0.05, 0) is 46.3 Å². The van der Waals surface area contributed by atoms with E-state index in [-0.39, 0.29) is 18.2 Å². The van der Waals surface area contributed by atoms with Gasteiger partial charge >= 0.3 is 0 Å². The van der Waals surface area contributed by atoms with Crippen molar-refractivity contribution in [2.24, 2.45) is 5.92 Å². The van der Waals surface area contributed by atoms with Crippen LogP contribution in [0.15, 0.2) is 51.4 Å². The maximum absolute atomic E-state index is 12.6. The van der Waals surface area contributed by atoms with E-state index in [0.29, 0.717) is 18.0 Å². The summed E-state index contributed by atoms with van der Waals surface area (Å²) in [5, 5.41) is 2.88. The van der Waals surface area contributed by atoms with Crippen LogP contribution in [0.5, 0.6) is 5.75 Å². The van der Waals surface area contributed by atoms with Gasteiger partial charge in [-0.3, -0.25) is 9.59 Å². The summed E-state index contributed by atoms with van der Waals surface area (Å²) in [6.07, 6.45) is 0.192. The first-order chi connectivity index (χ1) is 12.0. The Morgan fingerprint density at radius 3 is 2.76 bits per heavy atom. The fraction of sp³-hybridized carbons (Fsp3) is 0.222. The Kier molecular flexibility index (Phi) is 5.44. The van der Waals surface area contributed by atoms with Gasteiger partial charge in [0.25, 0.3) is 0 Å². The minimum absolute atomic E-state index is 0.0664. The first-order valence-corrected chi connectivity index (χ1v) is 9.27. The van der Waals surface area contributed by atoms with Gasteiger partial charge in [-0.15, -0.1) is 0 Å². The lowest BCUT2D eigenvalue weighted by atomic mass is 10.1. The van der Waals surface area contributed by atoms with Crippen LogP contribution in [-0.2, 0) is 9.59 Å². The summed E-state index contributed by atoms with van der Waals surface area (Å²) >= 11 is 6.80. The van der Waals surface area contributed by atoms with Gasteiger partial charge in [-0.25, -0.2) is 0 Å². The zero-order valence-corrected chi connectivity index (χ0v) is 16.6. The van der Waals surface area contributed by atoms with Crippen LogP contribution in [0.25, 0.3) is 0 Å². The Morgan fingerprint density at radius 2 is 2.04 bits per heavy atom. The van der Waals surface area contributed by atoms with Crippen LogP contribution < -0.4 is 15.0 Å². The molecule has 2 amide bonds. The molecule has 7 heteroatoms. The molecular formula is C18H16Br2N2O3. The van der Waals surface area contributed by atoms with Crippen molar-refractivity contribution in [3.63, 3.8) is 0 Å². The number of nitrogens with zero attached hydrogens (tertiary/aromatic N) is 1. The van der Waals surface area contributed by atoms with E-state index in [0.717, 1.165) is 14.6 Å². The molecule has 1 fully saturated rings. The average molecular weight is 468 g/mol. The summed E-state index contributed by atoms with van der Waals surface area (Å²) in [7, 11) is 1.58. The summed E-state index contributed by atoms with van der Waals surface area (Å²) in [6, 6.07) is 12.8. The molecule has 0 spiro atoms. The minimum Gasteiger partial charge on any atom is -0.497 e. The van der Waals surface area contributed by atoms with Crippen molar-refractivity contribution in [1.82, 2.24) is 0 Å². The Hall–Kier alpha value is -1.86. The monoisotopic (exact) mass is 466 g/mol.